The number of rotatable bonds is 4. The number of likely N-dealkylation sites (N-methyl/N-ethyl adjacent to an activating group) is 1. The molecule has 0 aliphatic carbocycles. The number of aromatic nitrogens is 1. The quantitative estimate of drug-likeness (QED) is 0.854. The van der Waals surface area contributed by atoms with Gasteiger partial charge < -0.3 is 14.7 Å². The summed E-state index contributed by atoms with van der Waals surface area (Å²) in [5.74, 6) is 0.307. The maximum absolute atomic E-state index is 12.2. The van der Waals surface area contributed by atoms with E-state index in [1.807, 2.05) is 18.7 Å². The van der Waals surface area contributed by atoms with Crippen molar-refractivity contribution in [2.24, 2.45) is 0 Å². The monoisotopic (exact) mass is 237 g/mol. The molecular formula is C12H19N3O2. The second kappa shape index (κ2) is 5.31. The van der Waals surface area contributed by atoms with E-state index in [-0.39, 0.29) is 5.91 Å². The van der Waals surface area contributed by atoms with Gasteiger partial charge in [-0.3, -0.25) is 4.79 Å². The van der Waals surface area contributed by atoms with Crippen LogP contribution in [0.1, 0.15) is 35.9 Å². The molecule has 94 valence electrons. The van der Waals surface area contributed by atoms with Crippen LogP contribution in [0.3, 0.4) is 0 Å². The van der Waals surface area contributed by atoms with Gasteiger partial charge in [-0.2, -0.15) is 0 Å². The van der Waals surface area contributed by atoms with Crippen molar-refractivity contribution in [2.75, 3.05) is 19.6 Å². The van der Waals surface area contributed by atoms with Crippen LogP contribution in [0.4, 0.5) is 0 Å². The van der Waals surface area contributed by atoms with E-state index in [0.717, 1.165) is 25.1 Å². The Morgan fingerprint density at radius 3 is 3.06 bits per heavy atom. The van der Waals surface area contributed by atoms with Crippen molar-refractivity contribution in [3.63, 3.8) is 0 Å². The molecule has 1 aliphatic heterocycles. The van der Waals surface area contributed by atoms with E-state index in [0.29, 0.717) is 18.3 Å². The second-order valence-electron chi connectivity index (χ2n) is 4.47. The Hall–Kier alpha value is -1.36. The molecule has 1 saturated heterocycles. The van der Waals surface area contributed by atoms with Gasteiger partial charge >= 0.3 is 0 Å². The number of carbonyl (C=O) groups is 1. The summed E-state index contributed by atoms with van der Waals surface area (Å²) < 4.78 is 5.01. The average molecular weight is 237 g/mol. The summed E-state index contributed by atoms with van der Waals surface area (Å²) in [6, 6.07) is 0.419. The number of carbonyl (C=O) groups excluding carboxylic acids is 1. The first-order chi connectivity index (χ1) is 8.22. The van der Waals surface area contributed by atoms with E-state index in [4.69, 9.17) is 4.52 Å². The van der Waals surface area contributed by atoms with Gasteiger partial charge in [0.15, 0.2) is 0 Å². The Morgan fingerprint density at radius 2 is 2.53 bits per heavy atom. The topological polar surface area (TPSA) is 58.4 Å². The van der Waals surface area contributed by atoms with Crippen molar-refractivity contribution < 1.29 is 9.32 Å². The summed E-state index contributed by atoms with van der Waals surface area (Å²) in [7, 11) is 0. The smallest absolute Gasteiger partial charge is 0.292 e. The van der Waals surface area contributed by atoms with Crippen LogP contribution < -0.4 is 5.32 Å². The van der Waals surface area contributed by atoms with Crippen molar-refractivity contribution in [1.29, 1.82) is 0 Å². The van der Waals surface area contributed by atoms with Crippen molar-refractivity contribution in [3.05, 3.63) is 17.5 Å². The zero-order valence-corrected chi connectivity index (χ0v) is 10.4. The standard InChI is InChI=1S/C12H19N3O2/c1-3-15(8-10-5-4-6-13-10)12(16)11-9(2)7-14-17-11/h7,10,13H,3-6,8H2,1-2H3. The largest absolute Gasteiger partial charge is 0.351 e. The van der Waals surface area contributed by atoms with Gasteiger partial charge in [0.2, 0.25) is 5.76 Å². The summed E-state index contributed by atoms with van der Waals surface area (Å²) in [5.41, 5.74) is 0.799. The first kappa shape index (κ1) is 12.1. The van der Waals surface area contributed by atoms with E-state index in [2.05, 4.69) is 10.5 Å². The van der Waals surface area contributed by atoms with Gasteiger partial charge in [-0.15, -0.1) is 0 Å². The molecule has 1 N–H and O–H groups in total. The molecule has 1 unspecified atom stereocenters. The van der Waals surface area contributed by atoms with Crippen LogP contribution >= 0.6 is 0 Å². The van der Waals surface area contributed by atoms with Gasteiger partial charge in [0.1, 0.15) is 0 Å². The van der Waals surface area contributed by atoms with Crippen LogP contribution in [-0.4, -0.2) is 41.6 Å². The number of aryl methyl sites for hydroxylation is 1. The molecule has 2 rings (SSSR count). The summed E-state index contributed by atoms with van der Waals surface area (Å²) in [4.78, 5) is 14.0. The van der Waals surface area contributed by atoms with E-state index in [1.165, 1.54) is 6.42 Å². The fourth-order valence-electron chi connectivity index (χ4n) is 2.17. The lowest BCUT2D eigenvalue weighted by Crippen LogP contribution is -2.41. The Labute approximate surface area is 101 Å². The minimum atomic E-state index is -0.0591. The first-order valence-corrected chi connectivity index (χ1v) is 6.16. The van der Waals surface area contributed by atoms with Gasteiger partial charge in [0.05, 0.1) is 6.20 Å². The highest BCUT2D eigenvalue weighted by Gasteiger charge is 2.24. The van der Waals surface area contributed by atoms with Gasteiger partial charge in [0.25, 0.3) is 5.91 Å². The third-order valence-electron chi connectivity index (χ3n) is 3.21. The SMILES string of the molecule is CCN(CC1CCCN1)C(=O)c1oncc1C. The lowest BCUT2D eigenvalue weighted by atomic mass is 10.2. The van der Waals surface area contributed by atoms with Crippen LogP contribution in [0.15, 0.2) is 10.7 Å². The van der Waals surface area contributed by atoms with E-state index in [9.17, 15) is 4.79 Å². The first-order valence-electron chi connectivity index (χ1n) is 6.16. The number of amides is 1. The number of hydrogen-bond donors (Lipinski definition) is 1. The van der Waals surface area contributed by atoms with Crippen LogP contribution in [0.5, 0.6) is 0 Å². The Morgan fingerprint density at radius 1 is 1.71 bits per heavy atom. The lowest BCUT2D eigenvalue weighted by Gasteiger charge is -2.23. The molecule has 0 aromatic carbocycles. The third kappa shape index (κ3) is 2.66. The molecule has 0 spiro atoms. The zero-order chi connectivity index (χ0) is 12.3. The Balaban J connectivity index is 2.02. The van der Waals surface area contributed by atoms with Crippen LogP contribution in [0.25, 0.3) is 0 Å². The number of nitrogens with one attached hydrogen (secondary N) is 1. The minimum absolute atomic E-state index is 0.0591. The summed E-state index contributed by atoms with van der Waals surface area (Å²) in [6.07, 6.45) is 3.91. The fraction of sp³-hybridized carbons (Fsp3) is 0.667. The molecule has 0 saturated carbocycles. The Kier molecular flexibility index (Phi) is 3.78. The average Bonchev–Trinajstić information content (AvgIpc) is 2.96. The molecule has 5 nitrogen and oxygen atoms in total. The van der Waals surface area contributed by atoms with Crippen molar-refractivity contribution in [2.45, 2.75) is 32.7 Å². The molecule has 1 atom stereocenters. The van der Waals surface area contributed by atoms with Crippen molar-refractivity contribution in [3.8, 4) is 0 Å². The highest BCUT2D eigenvalue weighted by molar-refractivity contribution is 5.92. The molecule has 17 heavy (non-hydrogen) atoms. The molecular weight excluding hydrogens is 218 g/mol. The molecule has 1 fully saturated rings. The maximum Gasteiger partial charge on any atom is 0.292 e. The van der Waals surface area contributed by atoms with Crippen molar-refractivity contribution in [1.82, 2.24) is 15.4 Å². The molecule has 1 amide bonds. The molecule has 2 heterocycles. The van der Waals surface area contributed by atoms with Gasteiger partial charge in [-0.05, 0) is 33.2 Å². The van der Waals surface area contributed by atoms with E-state index >= 15 is 0 Å². The summed E-state index contributed by atoms with van der Waals surface area (Å²) >= 11 is 0. The van der Waals surface area contributed by atoms with Crippen LogP contribution in [-0.2, 0) is 0 Å². The number of hydrogen-bond acceptors (Lipinski definition) is 4. The Bertz CT molecular complexity index is 383. The normalized spacial score (nSPS) is 19.5. The fourth-order valence-corrected chi connectivity index (χ4v) is 2.17. The predicted octanol–water partition coefficient (Wildman–Crippen LogP) is 1.20. The number of nitrogens with zero attached hydrogens (tertiary/aromatic N) is 2. The van der Waals surface area contributed by atoms with Gasteiger partial charge in [-0.25, -0.2) is 0 Å². The predicted molar refractivity (Wildman–Crippen MR) is 63.8 cm³/mol. The van der Waals surface area contributed by atoms with E-state index in [1.54, 1.807) is 6.20 Å². The van der Waals surface area contributed by atoms with Crippen LogP contribution in [0.2, 0.25) is 0 Å². The minimum Gasteiger partial charge on any atom is -0.351 e. The second-order valence-corrected chi connectivity index (χ2v) is 4.47. The lowest BCUT2D eigenvalue weighted by molar-refractivity contribution is 0.0708. The molecule has 0 radical (unpaired) electrons. The van der Waals surface area contributed by atoms with Gasteiger partial charge in [0, 0.05) is 24.7 Å². The summed E-state index contributed by atoms with van der Waals surface area (Å²) in [5, 5.41) is 7.05. The molecule has 1 aromatic heterocycles. The zero-order valence-electron chi connectivity index (χ0n) is 10.4. The maximum atomic E-state index is 12.2. The van der Waals surface area contributed by atoms with Crippen LogP contribution in [0, 0.1) is 6.92 Å². The van der Waals surface area contributed by atoms with Crippen molar-refractivity contribution >= 4 is 5.91 Å². The molecule has 5 heteroatoms. The molecule has 1 aromatic rings. The molecule has 1 aliphatic rings. The molecule has 0 bridgehead atoms. The van der Waals surface area contributed by atoms with E-state index < -0.39 is 0 Å². The third-order valence-corrected chi connectivity index (χ3v) is 3.21. The highest BCUT2D eigenvalue weighted by Crippen LogP contribution is 2.12. The van der Waals surface area contributed by atoms with Gasteiger partial charge in [-0.1, -0.05) is 5.16 Å². The summed E-state index contributed by atoms with van der Waals surface area (Å²) in [6.45, 7) is 6.31. The highest BCUT2D eigenvalue weighted by atomic mass is 16.5.